The van der Waals surface area contributed by atoms with E-state index in [1.807, 2.05) is 32.2 Å². The van der Waals surface area contributed by atoms with Gasteiger partial charge in [-0.3, -0.25) is 0 Å². The Kier molecular flexibility index (Phi) is 3.94. The molecule has 0 unspecified atom stereocenters. The van der Waals surface area contributed by atoms with Gasteiger partial charge in [0, 0.05) is 26.6 Å². The molecule has 0 radical (unpaired) electrons. The lowest BCUT2D eigenvalue weighted by Gasteiger charge is -2.05. The van der Waals surface area contributed by atoms with Gasteiger partial charge in [-0.1, -0.05) is 6.92 Å². The first-order valence-corrected chi connectivity index (χ1v) is 5.90. The van der Waals surface area contributed by atoms with E-state index in [1.165, 1.54) is 0 Å². The number of furan rings is 1. The van der Waals surface area contributed by atoms with Crippen molar-refractivity contribution in [1.29, 1.82) is 0 Å². The normalized spacial score (nSPS) is 10.6. The topological polar surface area (TPSA) is 60.2 Å². The number of ether oxygens (including phenoxy) is 1. The lowest BCUT2D eigenvalue weighted by molar-refractivity contribution is 0.181. The van der Waals surface area contributed by atoms with Crippen molar-refractivity contribution >= 4 is 5.82 Å². The van der Waals surface area contributed by atoms with E-state index in [9.17, 15) is 0 Å². The molecule has 2 aromatic heterocycles. The maximum Gasteiger partial charge on any atom is 0.197 e. The molecule has 18 heavy (non-hydrogen) atoms. The molecule has 0 amide bonds. The Morgan fingerprint density at radius 1 is 1.33 bits per heavy atom. The van der Waals surface area contributed by atoms with Crippen molar-refractivity contribution in [3.8, 4) is 11.6 Å². The molecule has 5 nitrogen and oxygen atoms in total. The molecular weight excluding hydrogens is 230 g/mol. The lowest BCUT2D eigenvalue weighted by atomic mass is 10.3. The van der Waals surface area contributed by atoms with Gasteiger partial charge >= 0.3 is 0 Å². The highest BCUT2D eigenvalue weighted by Gasteiger charge is 2.10. The standard InChI is InChI=1S/C13H17N3O2/c1-4-10-5-6-11(18-10)13-15-9(8-17-3)7-12(14-2)16-13/h5-7H,4,8H2,1-3H3,(H,14,15,16). The third kappa shape index (κ3) is 2.68. The van der Waals surface area contributed by atoms with E-state index in [2.05, 4.69) is 15.3 Å². The predicted molar refractivity (Wildman–Crippen MR) is 69.4 cm³/mol. The molecule has 2 aromatic rings. The third-order valence-electron chi connectivity index (χ3n) is 2.56. The Hall–Kier alpha value is -1.88. The van der Waals surface area contributed by atoms with Gasteiger partial charge in [0.1, 0.15) is 11.6 Å². The van der Waals surface area contributed by atoms with Crippen molar-refractivity contribution < 1.29 is 9.15 Å². The molecule has 1 N–H and O–H groups in total. The fourth-order valence-electron chi connectivity index (χ4n) is 1.65. The van der Waals surface area contributed by atoms with Crippen LogP contribution in [0.15, 0.2) is 22.6 Å². The first-order valence-electron chi connectivity index (χ1n) is 5.90. The van der Waals surface area contributed by atoms with E-state index in [-0.39, 0.29) is 0 Å². The number of nitrogens with zero attached hydrogens (tertiary/aromatic N) is 2. The van der Waals surface area contributed by atoms with Crippen LogP contribution in [0.3, 0.4) is 0 Å². The Morgan fingerprint density at radius 2 is 2.17 bits per heavy atom. The Bertz CT molecular complexity index is 523. The first-order chi connectivity index (χ1) is 8.76. The molecule has 0 aliphatic carbocycles. The molecule has 0 aliphatic rings. The molecule has 2 rings (SSSR count). The summed E-state index contributed by atoms with van der Waals surface area (Å²) in [7, 11) is 3.46. The monoisotopic (exact) mass is 247 g/mol. The third-order valence-corrected chi connectivity index (χ3v) is 2.56. The van der Waals surface area contributed by atoms with Crippen molar-refractivity contribution in [3.63, 3.8) is 0 Å². The van der Waals surface area contributed by atoms with E-state index >= 15 is 0 Å². The SMILES string of the molecule is CCc1ccc(-c2nc(COC)cc(NC)n2)o1. The molecule has 0 atom stereocenters. The molecular formula is C13H17N3O2. The van der Waals surface area contributed by atoms with Crippen LogP contribution in [0.1, 0.15) is 18.4 Å². The minimum Gasteiger partial charge on any atom is -0.458 e. The summed E-state index contributed by atoms with van der Waals surface area (Å²) in [5, 5.41) is 3.01. The largest absolute Gasteiger partial charge is 0.458 e. The highest BCUT2D eigenvalue weighted by atomic mass is 16.5. The van der Waals surface area contributed by atoms with Crippen LogP contribution in [-0.2, 0) is 17.8 Å². The van der Waals surface area contributed by atoms with Gasteiger partial charge in [-0.2, -0.15) is 0 Å². The van der Waals surface area contributed by atoms with Gasteiger partial charge in [0.15, 0.2) is 11.6 Å². The molecule has 0 aliphatic heterocycles. The van der Waals surface area contributed by atoms with Crippen LogP contribution in [-0.4, -0.2) is 24.1 Å². The number of aryl methyl sites for hydroxylation is 1. The van der Waals surface area contributed by atoms with Crippen molar-refractivity contribution in [2.24, 2.45) is 0 Å². The van der Waals surface area contributed by atoms with E-state index in [0.29, 0.717) is 18.2 Å². The zero-order valence-corrected chi connectivity index (χ0v) is 10.9. The smallest absolute Gasteiger partial charge is 0.197 e. The molecule has 0 spiro atoms. The Morgan fingerprint density at radius 3 is 2.78 bits per heavy atom. The Labute approximate surface area is 106 Å². The number of methoxy groups -OCH3 is 1. The van der Waals surface area contributed by atoms with Crippen LogP contribution in [0.5, 0.6) is 0 Å². The van der Waals surface area contributed by atoms with Gasteiger partial charge in [-0.15, -0.1) is 0 Å². The van der Waals surface area contributed by atoms with Crippen molar-refractivity contribution in [1.82, 2.24) is 9.97 Å². The minimum absolute atomic E-state index is 0.450. The number of hydrogen-bond acceptors (Lipinski definition) is 5. The summed E-state index contributed by atoms with van der Waals surface area (Å²) in [4.78, 5) is 8.80. The first kappa shape index (κ1) is 12.6. The molecule has 0 saturated heterocycles. The van der Waals surface area contributed by atoms with Crippen LogP contribution in [0.4, 0.5) is 5.82 Å². The fraction of sp³-hybridized carbons (Fsp3) is 0.385. The number of nitrogens with one attached hydrogen (secondary N) is 1. The second kappa shape index (κ2) is 5.64. The molecule has 2 heterocycles. The lowest BCUT2D eigenvalue weighted by Crippen LogP contribution is -2.01. The van der Waals surface area contributed by atoms with Crippen molar-refractivity contribution in [3.05, 3.63) is 29.7 Å². The molecule has 0 saturated carbocycles. The average Bonchev–Trinajstić information content (AvgIpc) is 2.87. The minimum atomic E-state index is 0.450. The summed E-state index contributed by atoms with van der Waals surface area (Å²) in [6.45, 7) is 2.50. The van der Waals surface area contributed by atoms with Crippen molar-refractivity contribution in [2.45, 2.75) is 20.0 Å². The van der Waals surface area contributed by atoms with E-state index in [0.717, 1.165) is 23.7 Å². The molecule has 0 bridgehead atoms. The number of anilines is 1. The highest BCUT2D eigenvalue weighted by molar-refractivity contribution is 5.51. The average molecular weight is 247 g/mol. The summed E-state index contributed by atoms with van der Waals surface area (Å²) in [5.41, 5.74) is 0.821. The second-order valence-corrected chi connectivity index (χ2v) is 3.87. The van der Waals surface area contributed by atoms with Crippen LogP contribution in [0.2, 0.25) is 0 Å². The summed E-state index contributed by atoms with van der Waals surface area (Å²) in [6.07, 6.45) is 0.858. The van der Waals surface area contributed by atoms with Gasteiger partial charge in [0.25, 0.3) is 0 Å². The maximum absolute atomic E-state index is 5.66. The second-order valence-electron chi connectivity index (χ2n) is 3.87. The van der Waals surface area contributed by atoms with Crippen molar-refractivity contribution in [2.75, 3.05) is 19.5 Å². The van der Waals surface area contributed by atoms with Crippen LogP contribution in [0.25, 0.3) is 11.6 Å². The van der Waals surface area contributed by atoms with Gasteiger partial charge in [0.05, 0.1) is 12.3 Å². The molecule has 96 valence electrons. The molecule has 0 aromatic carbocycles. The zero-order chi connectivity index (χ0) is 13.0. The van der Waals surface area contributed by atoms with Gasteiger partial charge in [-0.05, 0) is 12.1 Å². The molecule has 5 heteroatoms. The fourth-order valence-corrected chi connectivity index (χ4v) is 1.65. The van der Waals surface area contributed by atoms with Crippen LogP contribution >= 0.6 is 0 Å². The quantitative estimate of drug-likeness (QED) is 0.879. The van der Waals surface area contributed by atoms with Gasteiger partial charge < -0.3 is 14.5 Å². The van der Waals surface area contributed by atoms with E-state index in [4.69, 9.17) is 9.15 Å². The Balaban J connectivity index is 2.39. The van der Waals surface area contributed by atoms with Crippen LogP contribution in [0, 0.1) is 0 Å². The predicted octanol–water partition coefficient (Wildman–Crippen LogP) is 2.49. The van der Waals surface area contributed by atoms with E-state index < -0.39 is 0 Å². The van der Waals surface area contributed by atoms with Crippen LogP contribution < -0.4 is 5.32 Å². The number of hydrogen-bond donors (Lipinski definition) is 1. The van der Waals surface area contributed by atoms with E-state index in [1.54, 1.807) is 7.11 Å². The number of rotatable bonds is 5. The van der Waals surface area contributed by atoms with Gasteiger partial charge in [0.2, 0.25) is 0 Å². The maximum atomic E-state index is 5.66. The summed E-state index contributed by atoms with van der Waals surface area (Å²) < 4.78 is 10.8. The summed E-state index contributed by atoms with van der Waals surface area (Å²) in [5.74, 6) is 2.94. The summed E-state index contributed by atoms with van der Waals surface area (Å²) in [6, 6.07) is 5.70. The summed E-state index contributed by atoms with van der Waals surface area (Å²) >= 11 is 0. The van der Waals surface area contributed by atoms with Gasteiger partial charge in [-0.25, -0.2) is 9.97 Å². The molecule has 0 fully saturated rings. The highest BCUT2D eigenvalue weighted by Crippen LogP contribution is 2.21. The zero-order valence-electron chi connectivity index (χ0n) is 10.9. The number of aromatic nitrogens is 2.